The summed E-state index contributed by atoms with van der Waals surface area (Å²) in [6, 6.07) is 2.81. The Morgan fingerprint density at radius 1 is 1.19 bits per heavy atom. The van der Waals surface area contributed by atoms with Gasteiger partial charge < -0.3 is 34.9 Å². The number of hydrogen-bond donors (Lipinski definition) is 3. The lowest BCUT2D eigenvalue weighted by atomic mass is 9.92. The molecule has 14 heteroatoms. The van der Waals surface area contributed by atoms with E-state index in [0.29, 0.717) is 53.7 Å². The van der Waals surface area contributed by atoms with Crippen LogP contribution in [-0.4, -0.2) is 80.1 Å². The summed E-state index contributed by atoms with van der Waals surface area (Å²) in [6.07, 6.45) is 4.65. The van der Waals surface area contributed by atoms with Gasteiger partial charge in [-0.2, -0.15) is 19.9 Å². The molecule has 4 heterocycles. The number of nitrogens with two attached hydrogens (primary N) is 1. The molecule has 3 aromatic heterocycles. The van der Waals surface area contributed by atoms with E-state index in [9.17, 15) is 9.90 Å². The van der Waals surface area contributed by atoms with E-state index in [-0.39, 0.29) is 41.7 Å². The van der Waals surface area contributed by atoms with Crippen molar-refractivity contribution in [3.05, 3.63) is 30.3 Å². The number of amides is 1. The van der Waals surface area contributed by atoms with Crippen molar-refractivity contribution in [2.75, 3.05) is 29.9 Å². The van der Waals surface area contributed by atoms with Gasteiger partial charge in [0.15, 0.2) is 5.75 Å². The summed E-state index contributed by atoms with van der Waals surface area (Å²) in [4.78, 5) is 37.2. The maximum Gasteiger partial charge on any atom is 0.414 e. The van der Waals surface area contributed by atoms with Crippen molar-refractivity contribution in [1.82, 2.24) is 24.9 Å². The van der Waals surface area contributed by atoms with Crippen LogP contribution >= 0.6 is 0 Å². The van der Waals surface area contributed by atoms with Crippen molar-refractivity contribution in [3.63, 3.8) is 0 Å². The smallest absolute Gasteiger partial charge is 0.414 e. The number of hydrogen-bond acceptors (Lipinski definition) is 11. The van der Waals surface area contributed by atoms with Crippen LogP contribution in [0.25, 0.3) is 21.9 Å². The van der Waals surface area contributed by atoms with Gasteiger partial charge in [-0.15, -0.1) is 0 Å². The Labute approximate surface area is 247 Å². The van der Waals surface area contributed by atoms with E-state index in [1.54, 1.807) is 20.8 Å². The zero-order valence-corrected chi connectivity index (χ0v) is 24.5. The van der Waals surface area contributed by atoms with Gasteiger partial charge in [-0.05, 0) is 45.7 Å². The van der Waals surface area contributed by atoms with Crippen LogP contribution in [-0.2, 0) is 4.74 Å². The topological polar surface area (TPSA) is 165 Å². The summed E-state index contributed by atoms with van der Waals surface area (Å²) >= 11 is 0. The molecule has 228 valence electrons. The lowest BCUT2D eigenvalue weighted by Gasteiger charge is -2.32. The molecule has 0 unspecified atom stereocenters. The van der Waals surface area contributed by atoms with E-state index in [1.807, 2.05) is 4.90 Å². The average Bonchev–Trinajstić information content (AvgIpc) is 3.29. The zero-order valence-electron chi connectivity index (χ0n) is 24.5. The molecule has 43 heavy (non-hydrogen) atoms. The number of aromatic nitrogens is 5. The number of nitrogens with zero attached hydrogens (tertiary/aromatic N) is 6. The van der Waals surface area contributed by atoms with Gasteiger partial charge in [-0.3, -0.25) is 4.90 Å². The van der Waals surface area contributed by atoms with Crippen LogP contribution in [0.4, 0.5) is 20.7 Å². The van der Waals surface area contributed by atoms with Crippen molar-refractivity contribution < 1.29 is 28.5 Å². The minimum atomic E-state index is -0.732. The number of carbonyl (C=O) groups is 1. The highest BCUT2D eigenvalue weighted by Gasteiger charge is 2.30. The molecule has 13 nitrogen and oxygen atoms in total. The van der Waals surface area contributed by atoms with Crippen molar-refractivity contribution in [1.29, 1.82) is 0 Å². The number of fused-ring (bicyclic) bond motifs is 3. The Hall–Kier alpha value is -4.30. The number of halogens is 1. The van der Waals surface area contributed by atoms with Crippen LogP contribution in [0.3, 0.4) is 0 Å². The number of H-pyrrole nitrogens is 1. The second-order valence-electron chi connectivity index (χ2n) is 12.1. The molecule has 2 fully saturated rings. The number of ether oxygens (including phenoxy) is 3. The van der Waals surface area contributed by atoms with Crippen LogP contribution in [0.15, 0.2) is 24.5 Å². The standard InChI is InChI=1S/C29H35FN8O5/c1-29(2,3)43-28(40)37(4)21-9-15(30)8-20-22-24(34-23(20)21)35-27(36-25(22)38-7-5-6-16(31)14-38)42-19-12-32-26(33-13-19)41-18-10-17(39)11-18/h8-9,12-13,16-18,39H,5-7,10-11,14,31H2,1-4H3,(H,34,35,36)/t16-,17?,18?/m1/s1. The molecule has 1 saturated heterocycles. The summed E-state index contributed by atoms with van der Waals surface area (Å²) in [6.45, 7) is 6.53. The van der Waals surface area contributed by atoms with Gasteiger partial charge in [0, 0.05) is 44.4 Å². The molecule has 4 N–H and O–H groups in total. The summed E-state index contributed by atoms with van der Waals surface area (Å²) in [5.74, 6) is 0.285. The number of rotatable bonds is 6. The van der Waals surface area contributed by atoms with Gasteiger partial charge >= 0.3 is 18.1 Å². The Morgan fingerprint density at radius 2 is 1.93 bits per heavy atom. The number of aliphatic hydroxyl groups is 1. The van der Waals surface area contributed by atoms with Crippen LogP contribution in [0.2, 0.25) is 0 Å². The molecule has 1 amide bonds. The van der Waals surface area contributed by atoms with Gasteiger partial charge in [0.05, 0.1) is 35.1 Å². The Kier molecular flexibility index (Phi) is 7.42. The Morgan fingerprint density at radius 3 is 2.60 bits per heavy atom. The van der Waals surface area contributed by atoms with Gasteiger partial charge in [0.2, 0.25) is 0 Å². The highest BCUT2D eigenvalue weighted by atomic mass is 19.1. The van der Waals surface area contributed by atoms with Crippen molar-refractivity contribution in [2.24, 2.45) is 5.73 Å². The second kappa shape index (κ2) is 11.1. The fraction of sp³-hybridized carbons (Fsp3) is 0.483. The second-order valence-corrected chi connectivity index (χ2v) is 12.1. The first kappa shape index (κ1) is 28.8. The molecular formula is C29H35FN8O5. The quantitative estimate of drug-likeness (QED) is 0.295. The minimum Gasteiger partial charge on any atom is -0.460 e. The molecule has 1 aliphatic carbocycles. The monoisotopic (exact) mass is 594 g/mol. The third-order valence-corrected chi connectivity index (χ3v) is 7.41. The maximum atomic E-state index is 15.1. The first-order chi connectivity index (χ1) is 20.4. The lowest BCUT2D eigenvalue weighted by Crippen LogP contribution is -2.43. The van der Waals surface area contributed by atoms with Crippen molar-refractivity contribution in [2.45, 2.75) is 70.3 Å². The largest absolute Gasteiger partial charge is 0.460 e. The molecule has 0 bridgehead atoms. The predicted molar refractivity (Wildman–Crippen MR) is 157 cm³/mol. The fourth-order valence-corrected chi connectivity index (χ4v) is 5.28. The normalized spacial score (nSPS) is 20.6. The Bertz CT molecular complexity index is 1650. The molecule has 6 rings (SSSR count). The number of nitrogens with one attached hydrogen (secondary N) is 1. The van der Waals surface area contributed by atoms with E-state index in [0.717, 1.165) is 12.8 Å². The number of benzene rings is 1. The van der Waals surface area contributed by atoms with E-state index in [1.165, 1.54) is 36.5 Å². The fourth-order valence-electron chi connectivity index (χ4n) is 5.28. The highest BCUT2D eigenvalue weighted by molar-refractivity contribution is 6.16. The van der Waals surface area contributed by atoms with Crippen molar-refractivity contribution >= 4 is 39.5 Å². The van der Waals surface area contributed by atoms with E-state index in [4.69, 9.17) is 24.9 Å². The molecule has 4 aromatic rings. The molecule has 1 atom stereocenters. The number of carbonyl (C=O) groups excluding carboxylic acids is 1. The van der Waals surface area contributed by atoms with E-state index >= 15 is 4.39 Å². The van der Waals surface area contributed by atoms with Crippen LogP contribution in [0, 0.1) is 5.82 Å². The molecular weight excluding hydrogens is 559 g/mol. The summed E-state index contributed by atoms with van der Waals surface area (Å²) in [7, 11) is 1.53. The summed E-state index contributed by atoms with van der Waals surface area (Å²) in [5, 5.41) is 10.6. The van der Waals surface area contributed by atoms with Gasteiger partial charge in [-0.25, -0.2) is 9.18 Å². The number of anilines is 2. The third-order valence-electron chi connectivity index (χ3n) is 7.41. The summed E-state index contributed by atoms with van der Waals surface area (Å²) in [5.41, 5.74) is 6.75. The first-order valence-corrected chi connectivity index (χ1v) is 14.3. The van der Waals surface area contributed by atoms with E-state index < -0.39 is 17.5 Å². The molecule has 1 saturated carbocycles. The van der Waals surface area contributed by atoms with Crippen molar-refractivity contribution in [3.8, 4) is 17.8 Å². The summed E-state index contributed by atoms with van der Waals surface area (Å²) < 4.78 is 32.2. The van der Waals surface area contributed by atoms with Gasteiger partial charge in [0.1, 0.15) is 29.0 Å². The highest BCUT2D eigenvalue weighted by Crippen LogP contribution is 2.39. The maximum absolute atomic E-state index is 15.1. The van der Waals surface area contributed by atoms with Crippen LogP contribution in [0.1, 0.15) is 46.5 Å². The minimum absolute atomic E-state index is 0.0232. The van der Waals surface area contributed by atoms with E-state index in [2.05, 4.69) is 19.9 Å². The van der Waals surface area contributed by atoms with Crippen LogP contribution in [0.5, 0.6) is 17.8 Å². The number of aromatic amines is 1. The SMILES string of the molecule is CN(C(=O)OC(C)(C)C)c1cc(F)cc2c1[nH]c1nc(Oc3cnc(OC4CC(O)C4)nc3)nc(N3CCC[C@@H](N)C3)c12. The third kappa shape index (κ3) is 6.11. The molecule has 1 aromatic carbocycles. The Balaban J connectivity index is 1.40. The number of aliphatic hydroxyl groups excluding tert-OH is 1. The first-order valence-electron chi connectivity index (χ1n) is 14.3. The van der Waals surface area contributed by atoms with Gasteiger partial charge in [0.25, 0.3) is 0 Å². The lowest BCUT2D eigenvalue weighted by molar-refractivity contribution is -0.0151. The van der Waals surface area contributed by atoms with Gasteiger partial charge in [-0.1, -0.05) is 0 Å². The average molecular weight is 595 g/mol. The number of piperidine rings is 1. The molecule has 0 radical (unpaired) electrons. The van der Waals surface area contributed by atoms with Crippen LogP contribution < -0.4 is 25.0 Å². The molecule has 2 aliphatic rings. The predicted octanol–water partition coefficient (Wildman–Crippen LogP) is 4.03. The molecule has 1 aliphatic heterocycles. The zero-order chi connectivity index (χ0) is 30.5. The molecule has 0 spiro atoms.